The molecule has 1 fully saturated rings. The highest BCUT2D eigenvalue weighted by molar-refractivity contribution is 5.96. The molecule has 2 aromatic rings. The van der Waals surface area contributed by atoms with Crippen LogP contribution in [-0.4, -0.2) is 28.1 Å². The normalized spacial score (nSPS) is 16.1. The van der Waals surface area contributed by atoms with Crippen molar-refractivity contribution in [3.05, 3.63) is 35.9 Å². The summed E-state index contributed by atoms with van der Waals surface area (Å²) in [4.78, 5) is 23.9. The van der Waals surface area contributed by atoms with Crippen molar-refractivity contribution in [2.45, 2.75) is 65.3 Å². The van der Waals surface area contributed by atoms with Gasteiger partial charge in [0.15, 0.2) is 5.82 Å². The van der Waals surface area contributed by atoms with Crippen LogP contribution in [0.4, 0.5) is 5.82 Å². The molecule has 29 heavy (non-hydrogen) atoms. The van der Waals surface area contributed by atoms with E-state index in [0.717, 1.165) is 37.1 Å². The van der Waals surface area contributed by atoms with Gasteiger partial charge in [0.25, 0.3) is 0 Å². The Bertz CT molecular complexity index is 843. The lowest BCUT2D eigenvalue weighted by Crippen LogP contribution is -2.24. The third kappa shape index (κ3) is 5.68. The van der Waals surface area contributed by atoms with E-state index in [9.17, 15) is 9.59 Å². The molecule has 0 bridgehead atoms. The van der Waals surface area contributed by atoms with Crippen LogP contribution in [0.5, 0.6) is 0 Å². The minimum absolute atomic E-state index is 0.0694. The molecule has 2 amide bonds. The van der Waals surface area contributed by atoms with Crippen molar-refractivity contribution in [3.63, 3.8) is 0 Å². The molecule has 6 nitrogen and oxygen atoms in total. The van der Waals surface area contributed by atoms with Gasteiger partial charge in [0.05, 0.1) is 11.6 Å². The van der Waals surface area contributed by atoms with Crippen molar-refractivity contribution in [1.82, 2.24) is 15.1 Å². The third-order valence-electron chi connectivity index (χ3n) is 5.36. The standard InChI is InChI=1S/C23H32N4O2/c1-3-5-6-7-12-27-20(18-11-8-10-17(13-18)9-4-2)15-21(26-27)25-23(29)19-14-22(28)24-16-19/h8,10-11,13,15,19H,3-7,9,12,14,16H2,1-2H3,(H,24,28)(H,25,26,29)/t19-/m0/s1. The summed E-state index contributed by atoms with van der Waals surface area (Å²) in [5.74, 6) is 0.0135. The molecule has 0 spiro atoms. The molecule has 3 rings (SSSR count). The summed E-state index contributed by atoms with van der Waals surface area (Å²) in [6.45, 7) is 5.61. The average molecular weight is 397 g/mol. The first-order chi connectivity index (χ1) is 14.1. The van der Waals surface area contributed by atoms with Crippen molar-refractivity contribution in [2.24, 2.45) is 5.92 Å². The number of anilines is 1. The number of rotatable bonds is 10. The lowest BCUT2D eigenvalue weighted by Gasteiger charge is -2.09. The van der Waals surface area contributed by atoms with Crippen molar-refractivity contribution in [3.8, 4) is 11.3 Å². The molecule has 2 N–H and O–H groups in total. The molecule has 0 unspecified atom stereocenters. The van der Waals surface area contributed by atoms with E-state index in [4.69, 9.17) is 0 Å². The van der Waals surface area contributed by atoms with Crippen LogP contribution in [0.3, 0.4) is 0 Å². The van der Waals surface area contributed by atoms with Crippen molar-refractivity contribution in [2.75, 3.05) is 11.9 Å². The smallest absolute Gasteiger partial charge is 0.230 e. The minimum Gasteiger partial charge on any atom is -0.355 e. The van der Waals surface area contributed by atoms with Gasteiger partial charge in [0, 0.05) is 31.1 Å². The van der Waals surface area contributed by atoms with Crippen molar-refractivity contribution in [1.29, 1.82) is 0 Å². The second-order valence-electron chi connectivity index (χ2n) is 7.84. The number of amides is 2. The van der Waals surface area contributed by atoms with E-state index in [1.54, 1.807) is 0 Å². The summed E-state index contributed by atoms with van der Waals surface area (Å²) >= 11 is 0. The van der Waals surface area contributed by atoms with Gasteiger partial charge in [-0.2, -0.15) is 5.10 Å². The van der Waals surface area contributed by atoms with Crippen LogP contribution in [0.25, 0.3) is 11.3 Å². The number of carbonyl (C=O) groups is 2. The highest BCUT2D eigenvalue weighted by atomic mass is 16.2. The van der Waals surface area contributed by atoms with Gasteiger partial charge in [0.2, 0.25) is 11.8 Å². The first-order valence-electron chi connectivity index (χ1n) is 10.9. The Morgan fingerprint density at radius 1 is 1.21 bits per heavy atom. The Labute approximate surface area is 173 Å². The molecule has 156 valence electrons. The second-order valence-corrected chi connectivity index (χ2v) is 7.84. The molecular formula is C23H32N4O2. The summed E-state index contributed by atoms with van der Waals surface area (Å²) in [6, 6.07) is 10.5. The molecule has 6 heteroatoms. The van der Waals surface area contributed by atoms with Crippen LogP contribution in [0.15, 0.2) is 30.3 Å². The zero-order valence-electron chi connectivity index (χ0n) is 17.5. The number of benzene rings is 1. The van der Waals surface area contributed by atoms with Crippen LogP contribution in [-0.2, 0) is 22.6 Å². The summed E-state index contributed by atoms with van der Waals surface area (Å²) in [5.41, 5.74) is 3.46. The molecule has 1 atom stereocenters. The highest BCUT2D eigenvalue weighted by Crippen LogP contribution is 2.25. The molecule has 1 aromatic carbocycles. The highest BCUT2D eigenvalue weighted by Gasteiger charge is 2.28. The molecule has 0 saturated carbocycles. The van der Waals surface area contributed by atoms with Gasteiger partial charge in [-0.15, -0.1) is 0 Å². The summed E-state index contributed by atoms with van der Waals surface area (Å²) in [6.07, 6.45) is 7.04. The SMILES string of the molecule is CCCCCCn1nc(NC(=O)[C@@H]2CNC(=O)C2)cc1-c1cccc(CCC)c1. The van der Waals surface area contributed by atoms with Gasteiger partial charge in [-0.3, -0.25) is 14.3 Å². The maximum atomic E-state index is 12.5. The lowest BCUT2D eigenvalue weighted by molar-refractivity contribution is -0.123. The van der Waals surface area contributed by atoms with Crippen LogP contribution < -0.4 is 10.6 Å². The molecule has 1 aromatic heterocycles. The quantitative estimate of drug-likeness (QED) is 0.592. The largest absolute Gasteiger partial charge is 0.355 e. The van der Waals surface area contributed by atoms with Crippen LogP contribution in [0, 0.1) is 5.92 Å². The van der Waals surface area contributed by atoms with E-state index in [0.29, 0.717) is 12.4 Å². The lowest BCUT2D eigenvalue weighted by atomic mass is 10.0. The third-order valence-corrected chi connectivity index (χ3v) is 5.36. The Morgan fingerprint density at radius 3 is 2.79 bits per heavy atom. The van der Waals surface area contributed by atoms with Gasteiger partial charge < -0.3 is 10.6 Å². The maximum absolute atomic E-state index is 12.5. The number of nitrogens with zero attached hydrogens (tertiary/aromatic N) is 2. The Morgan fingerprint density at radius 2 is 2.07 bits per heavy atom. The van der Waals surface area contributed by atoms with E-state index in [2.05, 4.69) is 53.8 Å². The van der Waals surface area contributed by atoms with Crippen LogP contribution >= 0.6 is 0 Å². The predicted octanol–water partition coefficient (Wildman–Crippen LogP) is 4.16. The Hall–Kier alpha value is -2.63. The molecule has 1 saturated heterocycles. The summed E-state index contributed by atoms with van der Waals surface area (Å²) in [5, 5.41) is 10.3. The van der Waals surface area contributed by atoms with Gasteiger partial charge >= 0.3 is 0 Å². The summed E-state index contributed by atoms with van der Waals surface area (Å²) in [7, 11) is 0. The predicted molar refractivity (Wildman–Crippen MR) is 116 cm³/mol. The van der Waals surface area contributed by atoms with Crippen LogP contribution in [0.2, 0.25) is 0 Å². The van der Waals surface area contributed by atoms with Gasteiger partial charge in [-0.05, 0) is 24.5 Å². The number of carbonyl (C=O) groups excluding carboxylic acids is 2. The number of unbranched alkanes of at least 4 members (excludes halogenated alkanes) is 3. The van der Waals surface area contributed by atoms with Gasteiger partial charge in [-0.1, -0.05) is 57.7 Å². The van der Waals surface area contributed by atoms with E-state index >= 15 is 0 Å². The molecular weight excluding hydrogens is 364 g/mol. The monoisotopic (exact) mass is 396 g/mol. The van der Waals surface area contributed by atoms with Crippen LogP contribution in [0.1, 0.15) is 57.9 Å². The maximum Gasteiger partial charge on any atom is 0.230 e. The zero-order valence-corrected chi connectivity index (χ0v) is 17.5. The summed E-state index contributed by atoms with van der Waals surface area (Å²) < 4.78 is 2.01. The average Bonchev–Trinajstić information content (AvgIpc) is 3.32. The van der Waals surface area contributed by atoms with E-state index in [1.807, 2.05) is 10.7 Å². The van der Waals surface area contributed by atoms with Gasteiger partial charge in [0.1, 0.15) is 0 Å². The Kier molecular flexibility index (Phi) is 7.44. The van der Waals surface area contributed by atoms with E-state index in [-0.39, 0.29) is 24.2 Å². The molecule has 0 radical (unpaired) electrons. The fourth-order valence-electron chi connectivity index (χ4n) is 3.76. The molecule has 0 aliphatic carbocycles. The van der Waals surface area contributed by atoms with Crippen molar-refractivity contribution >= 4 is 17.6 Å². The van der Waals surface area contributed by atoms with Gasteiger partial charge in [-0.25, -0.2) is 0 Å². The van der Waals surface area contributed by atoms with E-state index < -0.39 is 0 Å². The Balaban J connectivity index is 1.80. The first-order valence-corrected chi connectivity index (χ1v) is 10.9. The first kappa shape index (κ1) is 21.1. The minimum atomic E-state index is -0.325. The van der Waals surface area contributed by atoms with Crippen molar-refractivity contribution < 1.29 is 9.59 Å². The fraction of sp³-hybridized carbons (Fsp3) is 0.522. The number of hydrogen-bond donors (Lipinski definition) is 2. The number of nitrogens with one attached hydrogen (secondary N) is 2. The topological polar surface area (TPSA) is 76.0 Å². The molecule has 1 aliphatic rings. The zero-order chi connectivity index (χ0) is 20.6. The number of hydrogen-bond acceptors (Lipinski definition) is 3. The fourth-order valence-corrected chi connectivity index (χ4v) is 3.76. The molecule has 2 heterocycles. The number of aryl methyl sites for hydroxylation is 2. The molecule has 1 aliphatic heterocycles. The van der Waals surface area contributed by atoms with E-state index in [1.165, 1.54) is 24.8 Å². The number of aromatic nitrogens is 2. The second kappa shape index (κ2) is 10.2.